The number of likely N-dealkylation sites (N-methyl/N-ethyl adjacent to an activating group) is 1. The Hall–Kier alpha value is -1.81. The monoisotopic (exact) mass is 273 g/mol. The number of hydrogen-bond donors (Lipinski definition) is 1. The molecule has 1 aromatic heterocycles. The van der Waals surface area contributed by atoms with Crippen molar-refractivity contribution in [1.29, 1.82) is 0 Å². The first kappa shape index (κ1) is 14.6. The number of nitrogens with zero attached hydrogens (tertiary/aromatic N) is 2. The van der Waals surface area contributed by atoms with Gasteiger partial charge in [-0.05, 0) is 24.7 Å². The van der Waals surface area contributed by atoms with Gasteiger partial charge >= 0.3 is 0 Å². The number of ether oxygens (including phenoxy) is 1. The molecule has 0 bridgehead atoms. The molecule has 1 aromatic carbocycles. The number of benzene rings is 1. The Morgan fingerprint density at radius 3 is 2.50 bits per heavy atom. The Kier molecular flexibility index (Phi) is 4.79. The lowest BCUT2D eigenvalue weighted by Crippen LogP contribution is -2.23. The highest BCUT2D eigenvalue weighted by Crippen LogP contribution is 2.21. The Morgan fingerprint density at radius 1 is 1.25 bits per heavy atom. The summed E-state index contributed by atoms with van der Waals surface area (Å²) in [7, 11) is 3.67. The van der Waals surface area contributed by atoms with Crippen LogP contribution in [0, 0.1) is 0 Å². The predicted octanol–water partition coefficient (Wildman–Crippen LogP) is 2.98. The molecule has 2 aromatic rings. The molecule has 108 valence electrons. The van der Waals surface area contributed by atoms with Crippen LogP contribution in [-0.4, -0.2) is 23.7 Å². The summed E-state index contributed by atoms with van der Waals surface area (Å²) >= 11 is 0. The Bertz CT molecular complexity index is 531. The van der Waals surface area contributed by atoms with E-state index in [1.54, 1.807) is 7.11 Å². The van der Waals surface area contributed by atoms with Gasteiger partial charge in [0.05, 0.1) is 7.11 Å². The fraction of sp³-hybridized carbons (Fsp3) is 0.438. The molecular weight excluding hydrogens is 250 g/mol. The molecule has 2 rings (SSSR count). The number of hydrogen-bond acceptors (Lipinski definition) is 3. The third-order valence-electron chi connectivity index (χ3n) is 3.51. The second kappa shape index (κ2) is 6.57. The lowest BCUT2D eigenvalue weighted by atomic mass is 10.1. The van der Waals surface area contributed by atoms with Gasteiger partial charge in [-0.15, -0.1) is 0 Å². The fourth-order valence-corrected chi connectivity index (χ4v) is 2.37. The molecule has 0 saturated heterocycles. The van der Waals surface area contributed by atoms with Crippen molar-refractivity contribution in [2.24, 2.45) is 0 Å². The highest BCUT2D eigenvalue weighted by Gasteiger charge is 2.14. The van der Waals surface area contributed by atoms with Gasteiger partial charge in [-0.3, -0.25) is 0 Å². The van der Waals surface area contributed by atoms with E-state index in [4.69, 9.17) is 4.74 Å². The average molecular weight is 273 g/mol. The van der Waals surface area contributed by atoms with Gasteiger partial charge in [0.1, 0.15) is 11.6 Å². The minimum atomic E-state index is 0.257. The molecule has 0 spiro atoms. The van der Waals surface area contributed by atoms with Crippen molar-refractivity contribution in [2.75, 3.05) is 14.2 Å². The molecule has 1 unspecified atom stereocenters. The van der Waals surface area contributed by atoms with E-state index >= 15 is 0 Å². The number of imidazole rings is 1. The standard InChI is InChI=1S/C16H23N3O/c1-12(2)16-18-9-10-19(16)11-15(17-3)13-5-7-14(20-4)8-6-13/h5-10,12,15,17H,11H2,1-4H3. The van der Waals surface area contributed by atoms with Crippen molar-refractivity contribution < 1.29 is 4.74 Å². The van der Waals surface area contributed by atoms with Crippen LogP contribution in [0.3, 0.4) is 0 Å². The zero-order valence-corrected chi connectivity index (χ0v) is 12.6. The second-order valence-electron chi connectivity index (χ2n) is 5.21. The summed E-state index contributed by atoms with van der Waals surface area (Å²) < 4.78 is 7.42. The zero-order valence-electron chi connectivity index (χ0n) is 12.6. The van der Waals surface area contributed by atoms with Gasteiger partial charge in [0, 0.05) is 30.9 Å². The van der Waals surface area contributed by atoms with E-state index in [9.17, 15) is 0 Å². The van der Waals surface area contributed by atoms with Crippen molar-refractivity contribution >= 4 is 0 Å². The third kappa shape index (κ3) is 3.20. The van der Waals surface area contributed by atoms with Crippen LogP contribution in [0.5, 0.6) is 5.75 Å². The zero-order chi connectivity index (χ0) is 14.5. The molecule has 0 saturated carbocycles. The number of rotatable bonds is 6. The molecule has 0 aliphatic carbocycles. The molecular formula is C16H23N3O. The molecule has 1 atom stereocenters. The lowest BCUT2D eigenvalue weighted by Gasteiger charge is -2.20. The first-order valence-electron chi connectivity index (χ1n) is 6.98. The van der Waals surface area contributed by atoms with Gasteiger partial charge in [-0.1, -0.05) is 26.0 Å². The third-order valence-corrected chi connectivity index (χ3v) is 3.51. The maximum absolute atomic E-state index is 5.20. The van der Waals surface area contributed by atoms with Crippen LogP contribution in [-0.2, 0) is 6.54 Å². The van der Waals surface area contributed by atoms with E-state index in [1.807, 2.05) is 31.6 Å². The summed E-state index contributed by atoms with van der Waals surface area (Å²) in [5.74, 6) is 2.44. The van der Waals surface area contributed by atoms with Crippen LogP contribution in [0.1, 0.15) is 37.2 Å². The van der Waals surface area contributed by atoms with E-state index in [1.165, 1.54) is 5.56 Å². The fourth-order valence-electron chi connectivity index (χ4n) is 2.37. The maximum atomic E-state index is 5.20. The normalized spacial score (nSPS) is 12.7. The van der Waals surface area contributed by atoms with Crippen molar-refractivity contribution in [1.82, 2.24) is 14.9 Å². The van der Waals surface area contributed by atoms with Crippen LogP contribution < -0.4 is 10.1 Å². The van der Waals surface area contributed by atoms with Crippen LogP contribution in [0.2, 0.25) is 0 Å². The van der Waals surface area contributed by atoms with E-state index < -0.39 is 0 Å². The topological polar surface area (TPSA) is 39.1 Å². The second-order valence-corrected chi connectivity index (χ2v) is 5.21. The quantitative estimate of drug-likeness (QED) is 0.879. The molecule has 20 heavy (non-hydrogen) atoms. The smallest absolute Gasteiger partial charge is 0.118 e. The largest absolute Gasteiger partial charge is 0.497 e. The van der Waals surface area contributed by atoms with Gasteiger partial charge in [-0.25, -0.2) is 4.98 Å². The van der Waals surface area contributed by atoms with E-state index in [-0.39, 0.29) is 6.04 Å². The molecule has 0 aliphatic heterocycles. The summed E-state index contributed by atoms with van der Waals surface area (Å²) in [6, 6.07) is 8.46. The Balaban J connectivity index is 2.17. The molecule has 1 N–H and O–H groups in total. The van der Waals surface area contributed by atoms with Crippen molar-refractivity contribution in [3.8, 4) is 5.75 Å². The summed E-state index contributed by atoms with van der Waals surface area (Å²) in [5.41, 5.74) is 1.25. The lowest BCUT2D eigenvalue weighted by molar-refractivity contribution is 0.414. The predicted molar refractivity (Wildman–Crippen MR) is 81.1 cm³/mol. The SMILES string of the molecule is CNC(Cn1ccnc1C(C)C)c1ccc(OC)cc1. The van der Waals surface area contributed by atoms with Crippen LogP contribution in [0.25, 0.3) is 0 Å². The summed E-state index contributed by atoms with van der Waals surface area (Å²) in [5, 5.41) is 3.37. The van der Waals surface area contributed by atoms with Gasteiger partial charge in [0.2, 0.25) is 0 Å². The number of methoxy groups -OCH3 is 1. The highest BCUT2D eigenvalue weighted by molar-refractivity contribution is 5.29. The van der Waals surface area contributed by atoms with Crippen molar-refractivity contribution in [2.45, 2.75) is 32.4 Å². The maximum Gasteiger partial charge on any atom is 0.118 e. The van der Waals surface area contributed by atoms with Crippen molar-refractivity contribution in [3.05, 3.63) is 48.0 Å². The summed E-state index contributed by atoms with van der Waals surface area (Å²) in [6.07, 6.45) is 3.92. The van der Waals surface area contributed by atoms with Gasteiger partial charge in [0.25, 0.3) is 0 Å². The molecule has 4 nitrogen and oxygen atoms in total. The summed E-state index contributed by atoms with van der Waals surface area (Å²) in [4.78, 5) is 4.44. The van der Waals surface area contributed by atoms with Gasteiger partial charge in [0.15, 0.2) is 0 Å². The molecule has 1 heterocycles. The van der Waals surface area contributed by atoms with Crippen LogP contribution in [0.15, 0.2) is 36.7 Å². The highest BCUT2D eigenvalue weighted by atomic mass is 16.5. The molecule has 0 aliphatic rings. The molecule has 0 amide bonds. The van der Waals surface area contributed by atoms with E-state index in [0.29, 0.717) is 5.92 Å². The number of nitrogens with one attached hydrogen (secondary N) is 1. The van der Waals surface area contributed by atoms with Crippen LogP contribution in [0.4, 0.5) is 0 Å². The van der Waals surface area contributed by atoms with Gasteiger partial charge in [-0.2, -0.15) is 0 Å². The van der Waals surface area contributed by atoms with Crippen molar-refractivity contribution in [3.63, 3.8) is 0 Å². The molecule has 0 fully saturated rings. The minimum absolute atomic E-state index is 0.257. The Labute approximate surface area is 120 Å². The van der Waals surface area contributed by atoms with Gasteiger partial charge < -0.3 is 14.6 Å². The first-order valence-corrected chi connectivity index (χ1v) is 6.98. The van der Waals surface area contributed by atoms with E-state index in [0.717, 1.165) is 18.1 Å². The first-order chi connectivity index (χ1) is 9.65. The number of aromatic nitrogens is 2. The van der Waals surface area contributed by atoms with Crippen LogP contribution >= 0.6 is 0 Å². The van der Waals surface area contributed by atoms with E-state index in [2.05, 4.69) is 40.8 Å². The molecule has 4 heteroatoms. The molecule has 0 radical (unpaired) electrons. The summed E-state index contributed by atoms with van der Waals surface area (Å²) in [6.45, 7) is 5.21. The Morgan fingerprint density at radius 2 is 1.95 bits per heavy atom. The average Bonchev–Trinajstić information content (AvgIpc) is 2.93. The minimum Gasteiger partial charge on any atom is -0.497 e.